The summed E-state index contributed by atoms with van der Waals surface area (Å²) in [5, 5.41) is 10.1. The van der Waals surface area contributed by atoms with Crippen molar-refractivity contribution in [2.75, 3.05) is 20.3 Å². The Balaban J connectivity index is 1.88. The third-order valence-corrected chi connectivity index (χ3v) is 5.59. The first kappa shape index (κ1) is 14.6. The van der Waals surface area contributed by atoms with Gasteiger partial charge in [0.15, 0.2) is 11.4 Å². The third kappa shape index (κ3) is 1.75. The molecule has 5 nitrogen and oxygen atoms in total. The second-order valence-electron chi connectivity index (χ2n) is 6.55. The molecule has 0 aromatic heterocycles. The molecular weight excluding hydrogens is 296 g/mol. The molecule has 23 heavy (non-hydrogen) atoms. The van der Waals surface area contributed by atoms with E-state index < -0.39 is 17.0 Å². The van der Waals surface area contributed by atoms with Gasteiger partial charge in [-0.1, -0.05) is 36.4 Å². The number of Topliss-reactive ketones (excluding diaryl/α,β-unsaturated/α-hetero) is 1. The molecule has 120 valence electrons. The Morgan fingerprint density at radius 2 is 2.04 bits per heavy atom. The van der Waals surface area contributed by atoms with Gasteiger partial charge in [0.2, 0.25) is 0 Å². The van der Waals surface area contributed by atoms with Gasteiger partial charge in [0, 0.05) is 17.4 Å². The predicted octanol–water partition coefficient (Wildman–Crippen LogP) is 1.22. The van der Waals surface area contributed by atoms with E-state index in [-0.39, 0.29) is 24.2 Å². The van der Waals surface area contributed by atoms with Crippen LogP contribution in [-0.4, -0.2) is 42.8 Å². The van der Waals surface area contributed by atoms with Crippen molar-refractivity contribution < 1.29 is 24.2 Å². The fraction of sp³-hybridized carbons (Fsp3) is 0.444. The van der Waals surface area contributed by atoms with Crippen molar-refractivity contribution in [1.29, 1.82) is 0 Å². The van der Waals surface area contributed by atoms with Gasteiger partial charge >= 0.3 is 5.97 Å². The van der Waals surface area contributed by atoms with Crippen LogP contribution < -0.4 is 0 Å². The molecule has 0 amide bonds. The molecule has 1 aliphatic heterocycles. The number of epoxide rings is 1. The van der Waals surface area contributed by atoms with Crippen molar-refractivity contribution in [3.05, 3.63) is 47.5 Å². The van der Waals surface area contributed by atoms with E-state index in [4.69, 9.17) is 9.47 Å². The van der Waals surface area contributed by atoms with Crippen LogP contribution in [0.5, 0.6) is 0 Å². The second-order valence-corrected chi connectivity index (χ2v) is 6.55. The molecule has 0 radical (unpaired) electrons. The van der Waals surface area contributed by atoms with E-state index >= 15 is 0 Å². The second kappa shape index (κ2) is 4.76. The molecule has 5 heteroatoms. The molecule has 1 aromatic rings. The minimum atomic E-state index is -1.11. The fourth-order valence-corrected chi connectivity index (χ4v) is 4.34. The molecule has 1 saturated carbocycles. The number of hydrogen-bond acceptors (Lipinski definition) is 5. The van der Waals surface area contributed by atoms with Crippen LogP contribution in [0.15, 0.2) is 42.0 Å². The Morgan fingerprint density at radius 3 is 2.61 bits per heavy atom. The molecule has 1 N–H and O–H groups in total. The standard InChI is InChI=1S/C18H18O5/c1-22-15(20)12-8-17(9-19)13(11-5-3-2-4-6-11)7-14(12)18(10-23-18)16(17)21/h2-6,8,13-14,19H,7,9-10H2,1H3/t13?,14?,17-,18+/m1/s1. The minimum absolute atomic E-state index is 0.106. The first-order valence-electron chi connectivity index (χ1n) is 7.75. The summed E-state index contributed by atoms with van der Waals surface area (Å²) in [7, 11) is 1.33. The lowest BCUT2D eigenvalue weighted by atomic mass is 9.50. The summed E-state index contributed by atoms with van der Waals surface area (Å²) in [5.74, 6) is -1.01. The zero-order chi connectivity index (χ0) is 16.2. The quantitative estimate of drug-likeness (QED) is 0.670. The summed E-state index contributed by atoms with van der Waals surface area (Å²) in [5.41, 5.74) is -0.594. The SMILES string of the molecule is COC(=O)C1=C[C@]2(CO)C(=O)[C@]3(CO3)C1CC2c1ccccc1. The lowest BCUT2D eigenvalue weighted by Gasteiger charge is -2.50. The number of aliphatic hydroxyl groups excluding tert-OH is 1. The molecule has 2 bridgehead atoms. The molecule has 2 fully saturated rings. The molecule has 1 heterocycles. The average molecular weight is 314 g/mol. The van der Waals surface area contributed by atoms with Gasteiger partial charge in [0.1, 0.15) is 0 Å². The van der Waals surface area contributed by atoms with Crippen molar-refractivity contribution >= 4 is 11.8 Å². The van der Waals surface area contributed by atoms with Crippen LogP contribution in [0, 0.1) is 11.3 Å². The number of ketones is 1. The van der Waals surface area contributed by atoms with Crippen LogP contribution >= 0.6 is 0 Å². The predicted molar refractivity (Wildman–Crippen MR) is 80.6 cm³/mol. The lowest BCUT2D eigenvalue weighted by molar-refractivity contribution is -0.146. The molecule has 1 aromatic carbocycles. The molecule has 1 spiro atoms. The zero-order valence-corrected chi connectivity index (χ0v) is 12.8. The summed E-state index contributed by atoms with van der Waals surface area (Å²) in [6.45, 7) is -0.0299. The van der Waals surface area contributed by atoms with Crippen molar-refractivity contribution in [3.8, 4) is 0 Å². The Hall–Kier alpha value is -1.98. The summed E-state index contributed by atoms with van der Waals surface area (Å²) in [4.78, 5) is 25.2. The smallest absolute Gasteiger partial charge is 0.333 e. The van der Waals surface area contributed by atoms with Crippen molar-refractivity contribution in [2.24, 2.45) is 11.3 Å². The number of ether oxygens (including phenoxy) is 2. The number of carbonyl (C=O) groups is 2. The van der Waals surface area contributed by atoms with E-state index in [0.29, 0.717) is 18.6 Å². The van der Waals surface area contributed by atoms with Crippen molar-refractivity contribution in [1.82, 2.24) is 0 Å². The number of fused-ring (bicyclic) bond motifs is 1. The van der Waals surface area contributed by atoms with Crippen molar-refractivity contribution in [3.63, 3.8) is 0 Å². The highest BCUT2D eigenvalue weighted by atomic mass is 16.6. The largest absolute Gasteiger partial charge is 0.466 e. The number of esters is 1. The van der Waals surface area contributed by atoms with E-state index in [1.165, 1.54) is 7.11 Å². The third-order valence-electron chi connectivity index (χ3n) is 5.59. The summed E-state index contributed by atoms with van der Waals surface area (Å²) >= 11 is 0. The van der Waals surface area contributed by atoms with Crippen LogP contribution in [-0.2, 0) is 19.1 Å². The number of carbonyl (C=O) groups excluding carboxylic acids is 2. The monoisotopic (exact) mass is 314 g/mol. The van der Waals surface area contributed by atoms with E-state index in [9.17, 15) is 14.7 Å². The molecular formula is C18H18O5. The maximum atomic E-state index is 13.1. The summed E-state index contributed by atoms with van der Waals surface area (Å²) in [6, 6.07) is 9.67. The molecule has 4 atom stereocenters. The number of methoxy groups -OCH3 is 1. The highest BCUT2D eigenvalue weighted by Gasteiger charge is 2.72. The number of rotatable bonds is 3. The van der Waals surface area contributed by atoms with Crippen molar-refractivity contribution in [2.45, 2.75) is 17.9 Å². The summed E-state index contributed by atoms with van der Waals surface area (Å²) in [6.07, 6.45) is 2.23. The van der Waals surface area contributed by atoms with Gasteiger partial charge in [-0.25, -0.2) is 4.79 Å². The average Bonchev–Trinajstić information content (AvgIpc) is 3.40. The number of benzene rings is 1. The van der Waals surface area contributed by atoms with E-state index in [1.54, 1.807) is 6.08 Å². The Morgan fingerprint density at radius 1 is 1.35 bits per heavy atom. The molecule has 3 aliphatic carbocycles. The minimum Gasteiger partial charge on any atom is -0.466 e. The molecule has 5 rings (SSSR count). The first-order valence-corrected chi connectivity index (χ1v) is 7.75. The molecule has 1 saturated heterocycles. The number of hydrogen-bond donors (Lipinski definition) is 1. The van der Waals surface area contributed by atoms with Crippen LogP contribution in [0.2, 0.25) is 0 Å². The van der Waals surface area contributed by atoms with Gasteiger partial charge in [0.05, 0.1) is 25.7 Å². The van der Waals surface area contributed by atoms with E-state index in [2.05, 4.69) is 0 Å². The highest BCUT2D eigenvalue weighted by Crippen LogP contribution is 2.62. The Kier molecular flexibility index (Phi) is 3.02. The fourth-order valence-electron chi connectivity index (χ4n) is 4.34. The highest BCUT2D eigenvalue weighted by molar-refractivity contribution is 6.05. The van der Waals surface area contributed by atoms with E-state index in [1.807, 2.05) is 30.3 Å². The van der Waals surface area contributed by atoms with E-state index in [0.717, 1.165) is 5.56 Å². The maximum Gasteiger partial charge on any atom is 0.333 e. The van der Waals surface area contributed by atoms with Crippen LogP contribution in [0.4, 0.5) is 0 Å². The van der Waals surface area contributed by atoms with Gasteiger partial charge in [-0.05, 0) is 12.0 Å². The van der Waals surface area contributed by atoms with Gasteiger partial charge in [-0.2, -0.15) is 0 Å². The van der Waals surface area contributed by atoms with Gasteiger partial charge in [-0.15, -0.1) is 0 Å². The van der Waals surface area contributed by atoms with Gasteiger partial charge in [0.25, 0.3) is 0 Å². The first-order chi connectivity index (χ1) is 11.1. The van der Waals surface area contributed by atoms with Gasteiger partial charge in [-0.3, -0.25) is 4.79 Å². The maximum absolute atomic E-state index is 13.1. The molecule has 4 aliphatic rings. The molecule has 2 unspecified atom stereocenters. The van der Waals surface area contributed by atoms with Crippen LogP contribution in [0.25, 0.3) is 0 Å². The Bertz CT molecular complexity index is 703. The summed E-state index contributed by atoms with van der Waals surface area (Å²) < 4.78 is 10.4. The zero-order valence-electron chi connectivity index (χ0n) is 12.8. The Labute approximate surface area is 133 Å². The lowest BCUT2D eigenvalue weighted by Crippen LogP contribution is -2.59. The number of aliphatic hydroxyl groups is 1. The van der Waals surface area contributed by atoms with Crippen LogP contribution in [0.1, 0.15) is 17.9 Å². The van der Waals surface area contributed by atoms with Gasteiger partial charge < -0.3 is 14.6 Å². The topological polar surface area (TPSA) is 76.1 Å². The normalized spacial score (nSPS) is 37.7. The van der Waals surface area contributed by atoms with Crippen LogP contribution in [0.3, 0.4) is 0 Å².